The van der Waals surface area contributed by atoms with Crippen molar-refractivity contribution in [1.82, 2.24) is 19.6 Å². The Kier molecular flexibility index (Phi) is 7.46. The third kappa shape index (κ3) is 5.52. The molecule has 0 N–H and O–H groups in total. The molecule has 0 bridgehead atoms. The molecule has 164 valence electrons. The third-order valence-electron chi connectivity index (χ3n) is 7.70. The molecule has 4 aliphatic rings. The second kappa shape index (κ2) is 10.3. The molecule has 2 amide bonds. The van der Waals surface area contributed by atoms with E-state index in [1.807, 2.05) is 0 Å². The number of likely N-dealkylation sites (tertiary alicyclic amines) is 2. The topological polar surface area (TPSA) is 47.1 Å². The summed E-state index contributed by atoms with van der Waals surface area (Å²) in [5.74, 6) is 1.40. The van der Waals surface area contributed by atoms with Crippen molar-refractivity contribution in [3.63, 3.8) is 0 Å². The molecule has 6 nitrogen and oxygen atoms in total. The van der Waals surface area contributed by atoms with Gasteiger partial charge in [0.2, 0.25) is 11.8 Å². The molecule has 0 aromatic rings. The van der Waals surface area contributed by atoms with E-state index in [0.29, 0.717) is 30.9 Å². The Labute approximate surface area is 176 Å². The standard InChI is InChI=1S/C23H40N4O2/c28-22(26-11-5-1-2-6-12-26)18-24-14-16-25(17-15-24)19-23(29)27-13-7-9-20-8-3-4-10-21(20)27/h20-21H,1-19H2. The second-order valence-corrected chi connectivity index (χ2v) is 9.69. The van der Waals surface area contributed by atoms with Crippen molar-refractivity contribution in [1.29, 1.82) is 0 Å². The van der Waals surface area contributed by atoms with E-state index < -0.39 is 0 Å². The highest BCUT2D eigenvalue weighted by Crippen LogP contribution is 2.35. The van der Waals surface area contributed by atoms with Gasteiger partial charge in [0.1, 0.15) is 0 Å². The van der Waals surface area contributed by atoms with E-state index in [4.69, 9.17) is 0 Å². The van der Waals surface area contributed by atoms with Gasteiger partial charge in [0.25, 0.3) is 0 Å². The first kappa shape index (κ1) is 21.1. The van der Waals surface area contributed by atoms with Crippen LogP contribution in [0.2, 0.25) is 0 Å². The molecule has 3 aliphatic heterocycles. The lowest BCUT2D eigenvalue weighted by Crippen LogP contribution is -2.55. The van der Waals surface area contributed by atoms with Crippen molar-refractivity contribution >= 4 is 11.8 Å². The summed E-state index contributed by atoms with van der Waals surface area (Å²) in [6.45, 7) is 7.56. The monoisotopic (exact) mass is 404 g/mol. The minimum Gasteiger partial charge on any atom is -0.342 e. The number of hydrogen-bond acceptors (Lipinski definition) is 4. The fraction of sp³-hybridized carbons (Fsp3) is 0.913. The molecule has 4 fully saturated rings. The zero-order valence-electron chi connectivity index (χ0n) is 18.2. The van der Waals surface area contributed by atoms with E-state index in [2.05, 4.69) is 19.6 Å². The Bertz CT molecular complexity index is 551. The van der Waals surface area contributed by atoms with E-state index in [1.165, 1.54) is 51.4 Å². The van der Waals surface area contributed by atoms with Gasteiger partial charge in [-0.3, -0.25) is 19.4 Å². The molecule has 2 unspecified atom stereocenters. The number of rotatable bonds is 4. The van der Waals surface area contributed by atoms with Crippen molar-refractivity contribution in [3.8, 4) is 0 Å². The highest BCUT2D eigenvalue weighted by Gasteiger charge is 2.36. The average Bonchev–Trinajstić information content (AvgIpc) is 3.04. The van der Waals surface area contributed by atoms with Crippen LogP contribution < -0.4 is 0 Å². The third-order valence-corrected chi connectivity index (χ3v) is 7.70. The summed E-state index contributed by atoms with van der Waals surface area (Å²) in [6, 6.07) is 0.512. The first-order chi connectivity index (χ1) is 14.2. The molecule has 0 spiro atoms. The molecule has 3 saturated heterocycles. The molecular weight excluding hydrogens is 364 g/mol. The van der Waals surface area contributed by atoms with E-state index in [9.17, 15) is 9.59 Å². The first-order valence-corrected chi connectivity index (χ1v) is 12.2. The molecule has 29 heavy (non-hydrogen) atoms. The molecule has 3 heterocycles. The largest absolute Gasteiger partial charge is 0.342 e. The Morgan fingerprint density at radius 2 is 1.17 bits per heavy atom. The minimum atomic E-state index is 0.299. The van der Waals surface area contributed by atoms with Crippen LogP contribution in [0.5, 0.6) is 0 Å². The summed E-state index contributed by atoms with van der Waals surface area (Å²) in [7, 11) is 0. The number of hydrogen-bond donors (Lipinski definition) is 0. The normalized spacial score (nSPS) is 29.9. The maximum absolute atomic E-state index is 13.0. The summed E-state index contributed by atoms with van der Waals surface area (Å²) >= 11 is 0. The molecule has 1 saturated carbocycles. The lowest BCUT2D eigenvalue weighted by molar-refractivity contribution is -0.140. The molecule has 1 aliphatic carbocycles. The van der Waals surface area contributed by atoms with Gasteiger partial charge in [-0.05, 0) is 44.4 Å². The number of fused-ring (bicyclic) bond motifs is 1. The first-order valence-electron chi connectivity index (χ1n) is 12.2. The summed E-state index contributed by atoms with van der Waals surface area (Å²) < 4.78 is 0. The fourth-order valence-electron chi connectivity index (χ4n) is 5.93. The van der Waals surface area contributed by atoms with E-state index in [-0.39, 0.29) is 0 Å². The van der Waals surface area contributed by atoms with Crippen molar-refractivity contribution in [3.05, 3.63) is 0 Å². The number of carbonyl (C=O) groups excluding carboxylic acids is 2. The maximum Gasteiger partial charge on any atom is 0.237 e. The van der Waals surface area contributed by atoms with Crippen LogP contribution in [0.3, 0.4) is 0 Å². The van der Waals surface area contributed by atoms with E-state index in [1.54, 1.807) is 0 Å². The molecule has 2 atom stereocenters. The Morgan fingerprint density at radius 1 is 0.586 bits per heavy atom. The molecule has 6 heteroatoms. The number of piperidine rings is 1. The minimum absolute atomic E-state index is 0.299. The summed E-state index contributed by atoms with van der Waals surface area (Å²) in [5.41, 5.74) is 0. The van der Waals surface area contributed by atoms with Gasteiger partial charge < -0.3 is 9.80 Å². The van der Waals surface area contributed by atoms with Gasteiger partial charge in [0.15, 0.2) is 0 Å². The average molecular weight is 405 g/mol. The summed E-state index contributed by atoms with van der Waals surface area (Å²) in [6.07, 6.45) is 12.5. The van der Waals surface area contributed by atoms with E-state index in [0.717, 1.165) is 64.6 Å². The zero-order valence-corrected chi connectivity index (χ0v) is 18.2. The molecule has 4 rings (SSSR count). The van der Waals surface area contributed by atoms with Gasteiger partial charge >= 0.3 is 0 Å². The van der Waals surface area contributed by atoms with Gasteiger partial charge in [-0.25, -0.2) is 0 Å². The zero-order chi connectivity index (χ0) is 20.1. The van der Waals surface area contributed by atoms with E-state index >= 15 is 0 Å². The van der Waals surface area contributed by atoms with Crippen LogP contribution in [0.1, 0.15) is 64.2 Å². The quantitative estimate of drug-likeness (QED) is 0.721. The molecule has 0 aromatic heterocycles. The van der Waals surface area contributed by atoms with Crippen LogP contribution in [0.4, 0.5) is 0 Å². The van der Waals surface area contributed by atoms with Crippen LogP contribution in [0.15, 0.2) is 0 Å². The van der Waals surface area contributed by atoms with Crippen LogP contribution in [-0.4, -0.2) is 96.4 Å². The maximum atomic E-state index is 13.0. The number of nitrogens with zero attached hydrogens (tertiary/aromatic N) is 4. The lowest BCUT2D eigenvalue weighted by atomic mass is 9.78. The molecule has 0 radical (unpaired) electrons. The highest BCUT2D eigenvalue weighted by atomic mass is 16.2. The predicted molar refractivity (Wildman–Crippen MR) is 115 cm³/mol. The smallest absolute Gasteiger partial charge is 0.237 e. The van der Waals surface area contributed by atoms with Gasteiger partial charge in [0.05, 0.1) is 13.1 Å². The van der Waals surface area contributed by atoms with Gasteiger partial charge in [-0.1, -0.05) is 25.7 Å². The Morgan fingerprint density at radius 3 is 1.86 bits per heavy atom. The predicted octanol–water partition coefficient (Wildman–Crippen LogP) is 2.19. The SMILES string of the molecule is O=C(CN1CCN(CC(=O)N2CCCC3CCCCC32)CC1)N1CCCCCC1. The molecule has 0 aromatic carbocycles. The van der Waals surface area contributed by atoms with Crippen molar-refractivity contribution in [2.45, 2.75) is 70.3 Å². The Hall–Kier alpha value is -1.14. The lowest BCUT2D eigenvalue weighted by Gasteiger charge is -2.45. The van der Waals surface area contributed by atoms with Crippen LogP contribution in [0.25, 0.3) is 0 Å². The van der Waals surface area contributed by atoms with Crippen LogP contribution >= 0.6 is 0 Å². The van der Waals surface area contributed by atoms with Gasteiger partial charge in [-0.15, -0.1) is 0 Å². The summed E-state index contributed by atoms with van der Waals surface area (Å²) in [5, 5.41) is 0. The summed E-state index contributed by atoms with van der Waals surface area (Å²) in [4.78, 5) is 34.5. The second-order valence-electron chi connectivity index (χ2n) is 9.69. The molecular formula is C23H40N4O2. The van der Waals surface area contributed by atoms with Gasteiger partial charge in [-0.2, -0.15) is 0 Å². The number of amides is 2. The Balaban J connectivity index is 1.20. The number of piperazine rings is 1. The van der Waals surface area contributed by atoms with Crippen molar-refractivity contribution in [2.24, 2.45) is 5.92 Å². The van der Waals surface area contributed by atoms with Gasteiger partial charge in [0, 0.05) is 51.9 Å². The van der Waals surface area contributed by atoms with Crippen molar-refractivity contribution < 1.29 is 9.59 Å². The number of carbonyl (C=O) groups is 2. The highest BCUT2D eigenvalue weighted by molar-refractivity contribution is 5.79. The van der Waals surface area contributed by atoms with Crippen molar-refractivity contribution in [2.75, 3.05) is 58.9 Å². The fourth-order valence-corrected chi connectivity index (χ4v) is 5.93. The van der Waals surface area contributed by atoms with Crippen LogP contribution in [0, 0.1) is 5.92 Å². The van der Waals surface area contributed by atoms with Crippen LogP contribution in [-0.2, 0) is 9.59 Å².